The van der Waals surface area contributed by atoms with Gasteiger partial charge >= 0.3 is 0 Å². The predicted octanol–water partition coefficient (Wildman–Crippen LogP) is 1.19. The largest absolute Gasteiger partial charge is 0.497 e. The maximum Gasteiger partial charge on any atom is 0.275 e. The molecule has 15 heavy (non-hydrogen) atoms. The fourth-order valence-corrected chi connectivity index (χ4v) is 1.25. The smallest absolute Gasteiger partial charge is 0.275 e. The van der Waals surface area contributed by atoms with Crippen LogP contribution in [0.2, 0.25) is 0 Å². The normalized spacial score (nSPS) is 16.9. The molecule has 0 saturated carbocycles. The number of nitrogens with zero attached hydrogens (tertiary/aromatic N) is 1. The van der Waals surface area contributed by atoms with Crippen LogP contribution in [0.3, 0.4) is 0 Å². The van der Waals surface area contributed by atoms with Gasteiger partial charge in [-0.1, -0.05) is 12.1 Å². The Bertz CT molecular complexity index is 432. The second-order valence-electron chi connectivity index (χ2n) is 3.03. The van der Waals surface area contributed by atoms with E-state index < -0.39 is 0 Å². The lowest BCUT2D eigenvalue weighted by Gasteiger charge is -1.99. The number of carbonyl (C=O) groups excluding carboxylic acids is 1. The summed E-state index contributed by atoms with van der Waals surface area (Å²) in [4.78, 5) is 15.1. The molecule has 1 aromatic carbocycles. The van der Waals surface area contributed by atoms with Gasteiger partial charge in [0.05, 0.1) is 13.4 Å². The summed E-state index contributed by atoms with van der Waals surface area (Å²) >= 11 is 0. The number of amides is 1. The van der Waals surface area contributed by atoms with Gasteiger partial charge in [0.25, 0.3) is 5.91 Å². The van der Waals surface area contributed by atoms with Crippen LogP contribution in [-0.2, 0) is 4.79 Å². The third-order valence-corrected chi connectivity index (χ3v) is 2.05. The molecular formula is C11H10N2O2. The molecule has 76 valence electrons. The molecule has 4 heteroatoms. The van der Waals surface area contributed by atoms with E-state index in [2.05, 4.69) is 10.3 Å². The van der Waals surface area contributed by atoms with Crippen molar-refractivity contribution in [2.45, 2.75) is 0 Å². The first kappa shape index (κ1) is 9.45. The monoisotopic (exact) mass is 202 g/mol. The summed E-state index contributed by atoms with van der Waals surface area (Å²) in [6.45, 7) is 0. The summed E-state index contributed by atoms with van der Waals surface area (Å²) in [6.07, 6.45) is 3.11. The number of nitrogens with one attached hydrogen (secondary N) is 1. The number of aliphatic imine (C=N–C) groups is 1. The van der Waals surface area contributed by atoms with Gasteiger partial charge in [-0.2, -0.15) is 0 Å². The van der Waals surface area contributed by atoms with E-state index >= 15 is 0 Å². The molecule has 0 spiro atoms. The van der Waals surface area contributed by atoms with Crippen molar-refractivity contribution in [3.05, 3.63) is 35.5 Å². The van der Waals surface area contributed by atoms with Crippen LogP contribution in [0.5, 0.6) is 5.75 Å². The van der Waals surface area contributed by atoms with Crippen LogP contribution in [0.15, 0.2) is 35.0 Å². The summed E-state index contributed by atoms with van der Waals surface area (Å²) < 4.78 is 5.03. The molecule has 1 aromatic rings. The van der Waals surface area contributed by atoms with Crippen molar-refractivity contribution in [2.24, 2.45) is 4.99 Å². The van der Waals surface area contributed by atoms with Gasteiger partial charge in [0, 0.05) is 0 Å². The Morgan fingerprint density at radius 1 is 1.33 bits per heavy atom. The number of carbonyl (C=O) groups is 1. The van der Waals surface area contributed by atoms with E-state index in [0.717, 1.165) is 11.3 Å². The Labute approximate surface area is 87.3 Å². The Morgan fingerprint density at radius 2 is 2.07 bits per heavy atom. The Hall–Kier alpha value is -2.10. The Morgan fingerprint density at radius 3 is 2.60 bits per heavy atom. The van der Waals surface area contributed by atoms with Gasteiger partial charge in [0.15, 0.2) is 0 Å². The van der Waals surface area contributed by atoms with Crippen molar-refractivity contribution in [1.29, 1.82) is 0 Å². The zero-order valence-electron chi connectivity index (χ0n) is 8.23. The van der Waals surface area contributed by atoms with Gasteiger partial charge in [-0.05, 0) is 23.8 Å². The summed E-state index contributed by atoms with van der Waals surface area (Å²) in [5.74, 6) is 0.613. The average Bonchev–Trinajstić information content (AvgIpc) is 2.66. The first-order chi connectivity index (χ1) is 7.29. The molecule has 4 nitrogen and oxygen atoms in total. The molecule has 0 radical (unpaired) electrons. The summed E-state index contributed by atoms with van der Waals surface area (Å²) in [6, 6.07) is 7.41. The van der Waals surface area contributed by atoms with Gasteiger partial charge in [-0.25, -0.2) is 4.99 Å². The molecule has 1 heterocycles. The van der Waals surface area contributed by atoms with E-state index in [1.807, 2.05) is 24.3 Å². The molecule has 0 atom stereocenters. The molecule has 0 aliphatic carbocycles. The van der Waals surface area contributed by atoms with Gasteiger partial charge in [-0.15, -0.1) is 0 Å². The minimum atomic E-state index is -0.175. The molecule has 0 saturated heterocycles. The highest BCUT2D eigenvalue weighted by Crippen LogP contribution is 2.15. The predicted molar refractivity (Wildman–Crippen MR) is 57.6 cm³/mol. The second kappa shape index (κ2) is 3.96. The lowest BCUT2D eigenvalue weighted by molar-refractivity contribution is -0.115. The van der Waals surface area contributed by atoms with Crippen LogP contribution in [-0.4, -0.2) is 19.4 Å². The zero-order valence-corrected chi connectivity index (χ0v) is 8.23. The Balaban J connectivity index is 2.23. The molecule has 2 rings (SSSR count). The van der Waals surface area contributed by atoms with Crippen molar-refractivity contribution in [3.63, 3.8) is 0 Å². The fourth-order valence-electron chi connectivity index (χ4n) is 1.25. The van der Waals surface area contributed by atoms with Crippen LogP contribution in [0.25, 0.3) is 6.08 Å². The lowest BCUT2D eigenvalue weighted by Crippen LogP contribution is -2.14. The van der Waals surface area contributed by atoms with Gasteiger partial charge in [0.1, 0.15) is 11.4 Å². The standard InChI is InChI=1S/C11H10N2O2/c1-15-9-4-2-8(3-5-9)6-10-11(14)13-7-12-10/h2-7H,1H3,(H,12,13,14). The third kappa shape index (κ3) is 2.04. The second-order valence-corrected chi connectivity index (χ2v) is 3.03. The van der Waals surface area contributed by atoms with E-state index in [4.69, 9.17) is 4.74 Å². The van der Waals surface area contributed by atoms with E-state index in [9.17, 15) is 4.79 Å². The third-order valence-electron chi connectivity index (χ3n) is 2.05. The van der Waals surface area contributed by atoms with Crippen LogP contribution in [0, 0.1) is 0 Å². The molecule has 0 fully saturated rings. The first-order valence-electron chi connectivity index (χ1n) is 4.49. The van der Waals surface area contributed by atoms with Gasteiger partial charge in [-0.3, -0.25) is 4.79 Å². The average molecular weight is 202 g/mol. The van der Waals surface area contributed by atoms with Crippen molar-refractivity contribution in [3.8, 4) is 5.75 Å². The number of rotatable bonds is 2. The maximum absolute atomic E-state index is 11.2. The minimum absolute atomic E-state index is 0.175. The number of hydrogen-bond donors (Lipinski definition) is 1. The van der Waals surface area contributed by atoms with Crippen LogP contribution < -0.4 is 10.1 Å². The molecular weight excluding hydrogens is 192 g/mol. The molecule has 0 bridgehead atoms. The molecule has 1 N–H and O–H groups in total. The molecule has 0 aromatic heterocycles. The van der Waals surface area contributed by atoms with E-state index in [1.165, 1.54) is 6.34 Å². The Kier molecular flexibility index (Phi) is 2.49. The fraction of sp³-hybridized carbons (Fsp3) is 0.0909. The van der Waals surface area contributed by atoms with Crippen molar-refractivity contribution in [1.82, 2.24) is 5.32 Å². The van der Waals surface area contributed by atoms with Crippen LogP contribution in [0.4, 0.5) is 0 Å². The van der Waals surface area contributed by atoms with Crippen LogP contribution >= 0.6 is 0 Å². The van der Waals surface area contributed by atoms with Crippen molar-refractivity contribution in [2.75, 3.05) is 7.11 Å². The number of benzene rings is 1. The summed E-state index contributed by atoms with van der Waals surface area (Å²) in [5, 5.41) is 2.49. The minimum Gasteiger partial charge on any atom is -0.497 e. The highest BCUT2D eigenvalue weighted by molar-refractivity contribution is 6.08. The van der Waals surface area contributed by atoms with Crippen molar-refractivity contribution < 1.29 is 9.53 Å². The van der Waals surface area contributed by atoms with Gasteiger partial charge < -0.3 is 10.1 Å². The van der Waals surface area contributed by atoms with E-state index in [1.54, 1.807) is 13.2 Å². The van der Waals surface area contributed by atoms with Gasteiger partial charge in [0.2, 0.25) is 0 Å². The molecule has 1 aliphatic heterocycles. The number of hydrogen-bond acceptors (Lipinski definition) is 3. The number of methoxy groups -OCH3 is 1. The molecule has 0 unspecified atom stereocenters. The maximum atomic E-state index is 11.2. The highest BCUT2D eigenvalue weighted by atomic mass is 16.5. The van der Waals surface area contributed by atoms with Crippen LogP contribution in [0.1, 0.15) is 5.56 Å². The van der Waals surface area contributed by atoms with E-state index in [0.29, 0.717) is 5.70 Å². The van der Waals surface area contributed by atoms with E-state index in [-0.39, 0.29) is 5.91 Å². The summed E-state index contributed by atoms with van der Waals surface area (Å²) in [5.41, 5.74) is 1.33. The zero-order chi connectivity index (χ0) is 10.7. The lowest BCUT2D eigenvalue weighted by atomic mass is 10.2. The number of ether oxygens (including phenoxy) is 1. The first-order valence-corrected chi connectivity index (χ1v) is 4.49. The highest BCUT2D eigenvalue weighted by Gasteiger charge is 2.11. The van der Waals surface area contributed by atoms with Crippen molar-refractivity contribution >= 4 is 18.3 Å². The topological polar surface area (TPSA) is 50.7 Å². The molecule has 1 amide bonds. The quantitative estimate of drug-likeness (QED) is 0.732. The molecule has 1 aliphatic rings. The summed E-state index contributed by atoms with van der Waals surface area (Å²) in [7, 11) is 1.61. The SMILES string of the molecule is COc1ccc(C=C2N=CNC2=O)cc1.